The molecule has 4 aliphatic rings. The zero-order chi connectivity index (χ0) is 13.7. The van der Waals surface area contributed by atoms with Gasteiger partial charge >= 0.3 is 5.97 Å². The van der Waals surface area contributed by atoms with Crippen molar-refractivity contribution in [3.8, 4) is 0 Å². The van der Waals surface area contributed by atoms with Crippen molar-refractivity contribution in [3.63, 3.8) is 0 Å². The van der Waals surface area contributed by atoms with E-state index >= 15 is 0 Å². The number of hydrogen-bond donors (Lipinski definition) is 1. The minimum atomic E-state index is -1.03. The van der Waals surface area contributed by atoms with Crippen molar-refractivity contribution in [1.82, 2.24) is 10.1 Å². The van der Waals surface area contributed by atoms with Gasteiger partial charge in [0.15, 0.2) is 11.5 Å². The van der Waals surface area contributed by atoms with Crippen LogP contribution >= 0.6 is 0 Å². The van der Waals surface area contributed by atoms with Gasteiger partial charge in [0, 0.05) is 5.92 Å². The number of allylic oxidation sites excluding steroid dienone is 8. The van der Waals surface area contributed by atoms with E-state index in [1.54, 1.807) is 11.1 Å². The summed E-state index contributed by atoms with van der Waals surface area (Å²) in [6.45, 7) is 0. The third-order valence-electron chi connectivity index (χ3n) is 3.54. The summed E-state index contributed by atoms with van der Waals surface area (Å²) in [6, 6.07) is 0. The highest BCUT2D eigenvalue weighted by atomic mass is 16.4. The van der Waals surface area contributed by atoms with Crippen molar-refractivity contribution in [2.45, 2.75) is 0 Å². The molecule has 1 unspecified atom stereocenters. The molecule has 6 heteroatoms. The summed E-state index contributed by atoms with van der Waals surface area (Å²) in [6.07, 6.45) is 15.3. The molecule has 0 aromatic rings. The van der Waals surface area contributed by atoms with Crippen molar-refractivity contribution in [2.24, 2.45) is 16.3 Å². The summed E-state index contributed by atoms with van der Waals surface area (Å²) < 4.78 is 0. The quantitative estimate of drug-likeness (QED) is 0.790. The summed E-state index contributed by atoms with van der Waals surface area (Å²) >= 11 is 0. The SMILES string of the molecule is O=C(O)C1=CC=C2C3C=CC=CC3=CC=C3N=NN1N32. The average molecular weight is 266 g/mol. The molecule has 0 aromatic carbocycles. The van der Waals surface area contributed by atoms with Crippen LogP contribution in [-0.2, 0) is 4.79 Å². The van der Waals surface area contributed by atoms with Crippen LogP contribution in [-0.4, -0.2) is 21.2 Å². The third-order valence-corrected chi connectivity index (χ3v) is 3.54. The second-order valence-corrected chi connectivity index (χ2v) is 4.65. The van der Waals surface area contributed by atoms with Crippen LogP contribution in [0.5, 0.6) is 0 Å². The van der Waals surface area contributed by atoms with E-state index < -0.39 is 5.97 Å². The maximum atomic E-state index is 11.3. The fourth-order valence-electron chi connectivity index (χ4n) is 2.62. The lowest BCUT2D eigenvalue weighted by Gasteiger charge is -2.34. The standard InChI is InChI=1S/C14H10N4O2/c19-14(20)12-7-6-11-10-4-2-1-3-9(10)5-8-13-15-16-18(12)17(11)13/h1-8,10H,(H,19,20). The molecule has 98 valence electrons. The Bertz CT molecular complexity index is 721. The van der Waals surface area contributed by atoms with Gasteiger partial charge in [0.25, 0.3) is 0 Å². The number of carboxylic acids is 1. The number of carboxylic acid groups (broad SMARTS) is 1. The first-order valence-electron chi connectivity index (χ1n) is 6.19. The summed E-state index contributed by atoms with van der Waals surface area (Å²) in [4.78, 5) is 11.3. The van der Waals surface area contributed by atoms with Crippen LogP contribution in [0.15, 0.2) is 81.7 Å². The van der Waals surface area contributed by atoms with Crippen LogP contribution in [0.3, 0.4) is 0 Å². The van der Waals surface area contributed by atoms with Crippen LogP contribution in [0.4, 0.5) is 0 Å². The maximum absolute atomic E-state index is 11.3. The van der Waals surface area contributed by atoms with Crippen LogP contribution < -0.4 is 0 Å². The number of nitrogens with zero attached hydrogens (tertiary/aromatic N) is 4. The van der Waals surface area contributed by atoms with E-state index in [4.69, 9.17) is 0 Å². The Morgan fingerprint density at radius 1 is 1.20 bits per heavy atom. The lowest BCUT2D eigenvalue weighted by atomic mass is 9.90. The molecular formula is C14H10N4O2. The molecule has 1 N–H and O–H groups in total. The molecule has 0 radical (unpaired) electrons. The minimum Gasteiger partial charge on any atom is -0.476 e. The molecule has 0 spiro atoms. The van der Waals surface area contributed by atoms with E-state index in [1.165, 1.54) is 5.12 Å². The van der Waals surface area contributed by atoms with Gasteiger partial charge < -0.3 is 5.11 Å². The van der Waals surface area contributed by atoms with Crippen LogP contribution in [0.25, 0.3) is 0 Å². The van der Waals surface area contributed by atoms with Crippen LogP contribution in [0.2, 0.25) is 0 Å². The molecular weight excluding hydrogens is 256 g/mol. The zero-order valence-corrected chi connectivity index (χ0v) is 10.3. The number of carbonyl (C=O) groups is 1. The van der Waals surface area contributed by atoms with Gasteiger partial charge in [-0.2, -0.15) is 0 Å². The molecule has 6 nitrogen and oxygen atoms in total. The van der Waals surface area contributed by atoms with Crippen LogP contribution in [0, 0.1) is 5.92 Å². The lowest BCUT2D eigenvalue weighted by molar-refractivity contribution is -0.136. The molecule has 0 saturated heterocycles. The van der Waals surface area contributed by atoms with Crippen molar-refractivity contribution < 1.29 is 9.90 Å². The summed E-state index contributed by atoms with van der Waals surface area (Å²) in [7, 11) is 0. The molecule has 0 amide bonds. The first-order valence-corrected chi connectivity index (χ1v) is 6.19. The molecule has 1 atom stereocenters. The first kappa shape index (κ1) is 11.0. The van der Waals surface area contributed by atoms with Gasteiger partial charge in [-0.25, -0.2) is 9.80 Å². The number of hydrazine groups is 1. The van der Waals surface area contributed by atoms with E-state index in [9.17, 15) is 9.90 Å². The van der Waals surface area contributed by atoms with Crippen molar-refractivity contribution in [2.75, 3.05) is 0 Å². The number of rotatable bonds is 1. The second-order valence-electron chi connectivity index (χ2n) is 4.65. The van der Waals surface area contributed by atoms with E-state index in [0.29, 0.717) is 5.82 Å². The summed E-state index contributed by atoms with van der Waals surface area (Å²) in [5.41, 5.74) is 2.17. The van der Waals surface area contributed by atoms with Gasteiger partial charge in [-0.15, -0.1) is 10.2 Å². The molecule has 0 fully saturated rings. The van der Waals surface area contributed by atoms with E-state index in [1.807, 2.05) is 36.5 Å². The molecule has 3 heterocycles. The Kier molecular flexibility index (Phi) is 2.09. The van der Waals surface area contributed by atoms with Gasteiger partial charge in [-0.1, -0.05) is 30.4 Å². The Morgan fingerprint density at radius 2 is 2.10 bits per heavy atom. The van der Waals surface area contributed by atoms with Gasteiger partial charge in [-0.3, -0.25) is 0 Å². The van der Waals surface area contributed by atoms with Gasteiger partial charge in [0.05, 0.1) is 5.70 Å². The van der Waals surface area contributed by atoms with E-state index in [2.05, 4.69) is 16.4 Å². The van der Waals surface area contributed by atoms with E-state index in [0.717, 1.165) is 11.3 Å². The molecule has 20 heavy (non-hydrogen) atoms. The highest BCUT2D eigenvalue weighted by Crippen LogP contribution is 2.40. The maximum Gasteiger partial charge on any atom is 0.356 e. The van der Waals surface area contributed by atoms with Gasteiger partial charge in [0.2, 0.25) is 0 Å². The molecule has 1 aliphatic carbocycles. The normalized spacial score (nSPS) is 25.3. The Balaban J connectivity index is 1.89. The Hall–Kier alpha value is -2.89. The number of fused-ring (bicyclic) bond motifs is 2. The van der Waals surface area contributed by atoms with Gasteiger partial charge in [0.1, 0.15) is 0 Å². The average Bonchev–Trinajstić information content (AvgIpc) is 2.81. The van der Waals surface area contributed by atoms with Gasteiger partial charge in [-0.05, 0) is 29.0 Å². The van der Waals surface area contributed by atoms with E-state index in [-0.39, 0.29) is 11.6 Å². The predicted molar refractivity (Wildman–Crippen MR) is 70.3 cm³/mol. The number of hydrogen-bond acceptors (Lipinski definition) is 5. The summed E-state index contributed by atoms with van der Waals surface area (Å²) in [5.74, 6) is -0.338. The highest BCUT2D eigenvalue weighted by molar-refractivity contribution is 5.86. The second kappa shape index (κ2) is 3.80. The number of aliphatic carboxylic acids is 1. The molecule has 4 rings (SSSR count). The van der Waals surface area contributed by atoms with Crippen molar-refractivity contribution >= 4 is 5.97 Å². The first-order chi connectivity index (χ1) is 9.75. The zero-order valence-electron chi connectivity index (χ0n) is 10.3. The fraction of sp³-hybridized carbons (Fsp3) is 0.0714. The smallest absolute Gasteiger partial charge is 0.356 e. The van der Waals surface area contributed by atoms with Crippen molar-refractivity contribution in [1.29, 1.82) is 0 Å². The van der Waals surface area contributed by atoms with Crippen LogP contribution in [0.1, 0.15) is 0 Å². The van der Waals surface area contributed by atoms with Crippen molar-refractivity contribution in [3.05, 3.63) is 71.4 Å². The largest absolute Gasteiger partial charge is 0.476 e. The third kappa shape index (κ3) is 1.36. The lowest BCUT2D eigenvalue weighted by Crippen LogP contribution is -2.39. The molecule has 0 bridgehead atoms. The summed E-state index contributed by atoms with van der Waals surface area (Å²) in [5, 5.41) is 20.3. The topological polar surface area (TPSA) is 68.5 Å². The molecule has 0 aromatic heterocycles. The Labute approximate surface area is 114 Å². The monoisotopic (exact) mass is 266 g/mol. The predicted octanol–water partition coefficient (Wildman–Crippen LogP) is 2.28. The molecule has 3 aliphatic heterocycles. The Morgan fingerprint density at radius 3 is 2.95 bits per heavy atom. The fourth-order valence-corrected chi connectivity index (χ4v) is 2.62. The highest BCUT2D eigenvalue weighted by Gasteiger charge is 2.38. The minimum absolute atomic E-state index is 0.0753. The molecule has 0 saturated carbocycles.